The molecule has 0 radical (unpaired) electrons. The van der Waals surface area contributed by atoms with E-state index in [9.17, 15) is 4.79 Å². The zero-order valence-electron chi connectivity index (χ0n) is 10.9. The first-order chi connectivity index (χ1) is 8.04. The van der Waals surface area contributed by atoms with Crippen molar-refractivity contribution in [1.82, 2.24) is 5.43 Å². The van der Waals surface area contributed by atoms with Crippen LogP contribution in [-0.2, 0) is 4.79 Å². The molecule has 1 fully saturated rings. The zero-order valence-corrected chi connectivity index (χ0v) is 10.9. The van der Waals surface area contributed by atoms with Crippen molar-refractivity contribution in [3.05, 3.63) is 0 Å². The lowest BCUT2D eigenvalue weighted by molar-refractivity contribution is -0.120. The van der Waals surface area contributed by atoms with E-state index < -0.39 is 0 Å². The second-order valence-corrected chi connectivity index (χ2v) is 5.21. The van der Waals surface area contributed by atoms with Gasteiger partial charge in [0.2, 0.25) is 0 Å². The predicted octanol–water partition coefficient (Wildman–Crippen LogP) is 2.46. The van der Waals surface area contributed by atoms with Crippen molar-refractivity contribution >= 4 is 11.6 Å². The van der Waals surface area contributed by atoms with E-state index in [1.54, 1.807) is 0 Å². The molecule has 1 saturated carbocycles. The highest BCUT2D eigenvalue weighted by Gasteiger charge is 2.27. The van der Waals surface area contributed by atoms with Gasteiger partial charge in [-0.15, -0.1) is 0 Å². The molecule has 0 aromatic carbocycles. The van der Waals surface area contributed by atoms with Gasteiger partial charge in [0.1, 0.15) is 6.42 Å². The molecule has 4 nitrogen and oxygen atoms in total. The number of hydrogen-bond acceptors (Lipinski definition) is 3. The molecule has 0 unspecified atom stereocenters. The van der Waals surface area contributed by atoms with Gasteiger partial charge in [-0.1, -0.05) is 20.8 Å². The van der Waals surface area contributed by atoms with Crippen LogP contribution in [0.2, 0.25) is 0 Å². The van der Waals surface area contributed by atoms with Crippen LogP contribution in [0.15, 0.2) is 5.10 Å². The van der Waals surface area contributed by atoms with Crippen molar-refractivity contribution in [2.24, 2.45) is 22.9 Å². The Hall–Kier alpha value is -1.37. The van der Waals surface area contributed by atoms with E-state index in [0.717, 1.165) is 18.6 Å². The van der Waals surface area contributed by atoms with Gasteiger partial charge in [0, 0.05) is 11.6 Å². The lowest BCUT2D eigenvalue weighted by atomic mass is 9.76. The van der Waals surface area contributed by atoms with Crippen molar-refractivity contribution in [2.45, 2.75) is 46.5 Å². The van der Waals surface area contributed by atoms with E-state index in [1.165, 1.54) is 6.42 Å². The second-order valence-electron chi connectivity index (χ2n) is 5.21. The molecular formula is C13H21N3O. The lowest BCUT2D eigenvalue weighted by Gasteiger charge is -2.30. The number of nitrogens with zero attached hydrogens (tertiary/aromatic N) is 2. The van der Waals surface area contributed by atoms with Crippen LogP contribution in [0.25, 0.3) is 0 Å². The summed E-state index contributed by atoms with van der Waals surface area (Å²) in [6.45, 7) is 6.59. The van der Waals surface area contributed by atoms with Gasteiger partial charge < -0.3 is 0 Å². The number of nitrogens with one attached hydrogen (secondary N) is 1. The highest BCUT2D eigenvalue weighted by Crippen LogP contribution is 2.31. The SMILES string of the molecule is CC(C)[C@@H]1CC[C@H](C)C/C1=N/NC(=O)CC#N. The quantitative estimate of drug-likeness (QED) is 0.764. The predicted molar refractivity (Wildman–Crippen MR) is 67.2 cm³/mol. The number of carbonyl (C=O) groups is 1. The molecule has 0 aliphatic heterocycles. The summed E-state index contributed by atoms with van der Waals surface area (Å²) in [6.07, 6.45) is 3.20. The number of amides is 1. The van der Waals surface area contributed by atoms with Crippen molar-refractivity contribution in [3.8, 4) is 6.07 Å². The normalized spacial score (nSPS) is 26.9. The Morgan fingerprint density at radius 1 is 1.59 bits per heavy atom. The molecule has 0 aromatic heterocycles. The average molecular weight is 235 g/mol. The lowest BCUT2D eigenvalue weighted by Crippen LogP contribution is -2.30. The van der Waals surface area contributed by atoms with E-state index in [2.05, 4.69) is 31.3 Å². The Morgan fingerprint density at radius 3 is 2.88 bits per heavy atom. The molecule has 1 N–H and O–H groups in total. The minimum absolute atomic E-state index is 0.126. The van der Waals surface area contributed by atoms with Gasteiger partial charge >= 0.3 is 0 Å². The molecular weight excluding hydrogens is 214 g/mol. The summed E-state index contributed by atoms with van der Waals surface area (Å²) in [6, 6.07) is 1.82. The Morgan fingerprint density at radius 2 is 2.29 bits per heavy atom. The second kappa shape index (κ2) is 6.39. The highest BCUT2D eigenvalue weighted by molar-refractivity contribution is 5.89. The summed E-state index contributed by atoms with van der Waals surface area (Å²) in [7, 11) is 0. The summed E-state index contributed by atoms with van der Waals surface area (Å²) >= 11 is 0. The molecule has 0 spiro atoms. The topological polar surface area (TPSA) is 65.2 Å². The Bertz CT molecular complexity index is 341. The molecule has 0 heterocycles. The van der Waals surface area contributed by atoms with Gasteiger partial charge in [0.25, 0.3) is 5.91 Å². The van der Waals surface area contributed by atoms with Gasteiger partial charge in [-0.05, 0) is 31.1 Å². The van der Waals surface area contributed by atoms with Gasteiger partial charge in [-0.25, -0.2) is 5.43 Å². The minimum atomic E-state index is -0.319. The summed E-state index contributed by atoms with van der Waals surface area (Å²) in [5.74, 6) is 1.33. The standard InChI is InChI=1S/C13H21N3O/c1-9(2)11-5-4-10(3)8-12(11)15-16-13(17)6-7-14/h9-11H,4-6,8H2,1-3H3,(H,16,17)/b15-12-/t10-,11-/m0/s1. The Balaban J connectivity index is 2.66. The molecule has 17 heavy (non-hydrogen) atoms. The fourth-order valence-corrected chi connectivity index (χ4v) is 2.33. The van der Waals surface area contributed by atoms with Crippen LogP contribution in [0, 0.1) is 29.1 Å². The molecule has 0 aromatic rings. The molecule has 2 atom stereocenters. The number of hydrazone groups is 1. The van der Waals surface area contributed by atoms with Crippen molar-refractivity contribution < 1.29 is 4.79 Å². The van der Waals surface area contributed by atoms with Crippen LogP contribution in [0.3, 0.4) is 0 Å². The maximum absolute atomic E-state index is 11.2. The van der Waals surface area contributed by atoms with Crippen molar-refractivity contribution in [3.63, 3.8) is 0 Å². The smallest absolute Gasteiger partial charge is 0.254 e. The van der Waals surface area contributed by atoms with Gasteiger partial charge in [0.15, 0.2) is 0 Å². The van der Waals surface area contributed by atoms with Crippen LogP contribution < -0.4 is 5.43 Å². The Kier molecular flexibility index (Phi) is 5.14. The van der Waals surface area contributed by atoms with Crippen LogP contribution in [0.5, 0.6) is 0 Å². The molecule has 4 heteroatoms. The molecule has 0 bridgehead atoms. The van der Waals surface area contributed by atoms with Crippen LogP contribution in [0.4, 0.5) is 0 Å². The molecule has 94 valence electrons. The van der Waals surface area contributed by atoms with Crippen molar-refractivity contribution in [1.29, 1.82) is 5.26 Å². The maximum Gasteiger partial charge on any atom is 0.254 e. The summed E-state index contributed by atoms with van der Waals surface area (Å²) in [5.41, 5.74) is 3.57. The number of rotatable bonds is 3. The third-order valence-corrected chi connectivity index (χ3v) is 3.32. The summed E-state index contributed by atoms with van der Waals surface area (Å²) in [5, 5.41) is 12.6. The van der Waals surface area contributed by atoms with Crippen molar-refractivity contribution in [2.75, 3.05) is 0 Å². The first-order valence-electron chi connectivity index (χ1n) is 6.26. The van der Waals surface area contributed by atoms with Crippen LogP contribution in [0.1, 0.15) is 46.5 Å². The third-order valence-electron chi connectivity index (χ3n) is 3.32. The molecule has 1 aliphatic rings. The molecule has 1 aliphatic carbocycles. The van der Waals surface area contributed by atoms with E-state index in [1.807, 2.05) is 6.07 Å². The van der Waals surface area contributed by atoms with Crippen LogP contribution in [-0.4, -0.2) is 11.6 Å². The zero-order chi connectivity index (χ0) is 12.8. The highest BCUT2D eigenvalue weighted by atomic mass is 16.2. The first kappa shape index (κ1) is 13.7. The van der Waals surface area contributed by atoms with Gasteiger partial charge in [-0.2, -0.15) is 10.4 Å². The van der Waals surface area contributed by atoms with Crippen LogP contribution >= 0.6 is 0 Å². The van der Waals surface area contributed by atoms with E-state index in [-0.39, 0.29) is 12.3 Å². The molecule has 1 amide bonds. The minimum Gasteiger partial charge on any atom is -0.272 e. The van der Waals surface area contributed by atoms with Gasteiger partial charge in [0.05, 0.1) is 6.07 Å². The average Bonchev–Trinajstić information content (AvgIpc) is 2.26. The fraction of sp³-hybridized carbons (Fsp3) is 0.769. The Labute approximate surface area is 103 Å². The first-order valence-corrected chi connectivity index (χ1v) is 6.26. The summed E-state index contributed by atoms with van der Waals surface area (Å²) in [4.78, 5) is 11.2. The molecule has 0 saturated heterocycles. The fourth-order valence-electron chi connectivity index (χ4n) is 2.33. The van der Waals surface area contributed by atoms with E-state index >= 15 is 0 Å². The molecule has 1 rings (SSSR count). The maximum atomic E-state index is 11.2. The third kappa shape index (κ3) is 4.18. The largest absolute Gasteiger partial charge is 0.272 e. The van der Waals surface area contributed by atoms with E-state index in [0.29, 0.717) is 17.8 Å². The summed E-state index contributed by atoms with van der Waals surface area (Å²) < 4.78 is 0. The number of carbonyl (C=O) groups excluding carboxylic acids is 1. The number of nitriles is 1. The number of hydrogen-bond donors (Lipinski definition) is 1. The monoisotopic (exact) mass is 235 g/mol. The van der Waals surface area contributed by atoms with Gasteiger partial charge in [-0.3, -0.25) is 4.79 Å². The van der Waals surface area contributed by atoms with E-state index in [4.69, 9.17) is 5.26 Å².